The zero-order chi connectivity index (χ0) is 14.5. The van der Waals surface area contributed by atoms with Gasteiger partial charge in [-0.3, -0.25) is 0 Å². The maximum absolute atomic E-state index is 13.6. The number of rotatable bonds is 5. The molecule has 0 aliphatic heterocycles. The van der Waals surface area contributed by atoms with Crippen molar-refractivity contribution in [1.29, 1.82) is 0 Å². The van der Waals surface area contributed by atoms with Gasteiger partial charge in [-0.1, -0.05) is 31.2 Å². The number of ether oxygens (including phenoxy) is 1. The number of hydrogen-bond acceptors (Lipinski definition) is 2. The van der Waals surface area contributed by atoms with Gasteiger partial charge in [-0.2, -0.15) is 0 Å². The number of aryl methyl sites for hydroxylation is 1. The molecular formula is C17H19FO2. The molecule has 2 aromatic rings. The molecule has 0 amide bonds. The van der Waals surface area contributed by atoms with E-state index in [1.165, 1.54) is 6.07 Å². The molecule has 0 aromatic heterocycles. The fourth-order valence-electron chi connectivity index (χ4n) is 1.97. The SMILES string of the molecule is CCCOc1cccc(C(O)c2ccc(C)c(F)c2)c1. The lowest BCUT2D eigenvalue weighted by Gasteiger charge is -2.14. The summed E-state index contributed by atoms with van der Waals surface area (Å²) in [6.07, 6.45) is 0.0749. The Hall–Kier alpha value is -1.87. The highest BCUT2D eigenvalue weighted by Gasteiger charge is 2.12. The molecule has 0 bridgehead atoms. The van der Waals surface area contributed by atoms with E-state index < -0.39 is 6.10 Å². The summed E-state index contributed by atoms with van der Waals surface area (Å²) in [5, 5.41) is 10.3. The topological polar surface area (TPSA) is 29.5 Å². The maximum atomic E-state index is 13.6. The van der Waals surface area contributed by atoms with Crippen molar-refractivity contribution in [3.05, 3.63) is 65.0 Å². The summed E-state index contributed by atoms with van der Waals surface area (Å²) in [5.41, 5.74) is 1.81. The molecule has 2 nitrogen and oxygen atoms in total. The monoisotopic (exact) mass is 274 g/mol. The van der Waals surface area contributed by atoms with Crippen LogP contribution in [0.2, 0.25) is 0 Å². The van der Waals surface area contributed by atoms with Gasteiger partial charge in [-0.25, -0.2) is 4.39 Å². The molecule has 1 unspecified atom stereocenters. The van der Waals surface area contributed by atoms with Gasteiger partial charge in [-0.15, -0.1) is 0 Å². The van der Waals surface area contributed by atoms with Gasteiger partial charge in [0.2, 0.25) is 0 Å². The van der Waals surface area contributed by atoms with Gasteiger partial charge in [-0.05, 0) is 48.2 Å². The van der Waals surface area contributed by atoms with Gasteiger partial charge in [0.25, 0.3) is 0 Å². The van der Waals surface area contributed by atoms with E-state index in [2.05, 4.69) is 0 Å². The Morgan fingerprint density at radius 1 is 1.15 bits per heavy atom. The van der Waals surface area contributed by atoms with Crippen LogP contribution in [0.3, 0.4) is 0 Å². The predicted octanol–water partition coefficient (Wildman–Crippen LogP) is 4.00. The minimum atomic E-state index is -0.852. The number of benzene rings is 2. The van der Waals surface area contributed by atoms with Crippen LogP contribution in [0.1, 0.15) is 36.1 Å². The van der Waals surface area contributed by atoms with E-state index in [1.54, 1.807) is 31.2 Å². The van der Waals surface area contributed by atoms with Crippen LogP contribution in [0.4, 0.5) is 4.39 Å². The Balaban J connectivity index is 2.23. The van der Waals surface area contributed by atoms with E-state index in [0.717, 1.165) is 12.2 Å². The van der Waals surface area contributed by atoms with Crippen molar-refractivity contribution < 1.29 is 14.2 Å². The molecule has 0 fully saturated rings. The lowest BCUT2D eigenvalue weighted by molar-refractivity contribution is 0.219. The number of halogens is 1. The van der Waals surface area contributed by atoms with Crippen LogP contribution in [0.15, 0.2) is 42.5 Å². The quantitative estimate of drug-likeness (QED) is 0.892. The first-order valence-electron chi connectivity index (χ1n) is 6.78. The first-order valence-corrected chi connectivity index (χ1v) is 6.78. The van der Waals surface area contributed by atoms with Crippen LogP contribution in [0.5, 0.6) is 5.75 Å². The minimum absolute atomic E-state index is 0.306. The fourth-order valence-corrected chi connectivity index (χ4v) is 1.97. The first kappa shape index (κ1) is 14.5. The van der Waals surface area contributed by atoms with Gasteiger partial charge in [0, 0.05) is 0 Å². The third-order valence-corrected chi connectivity index (χ3v) is 3.16. The Morgan fingerprint density at radius 3 is 2.60 bits per heavy atom. The van der Waals surface area contributed by atoms with E-state index in [9.17, 15) is 9.50 Å². The summed E-state index contributed by atoms with van der Waals surface area (Å²) < 4.78 is 19.1. The molecule has 0 saturated heterocycles. The molecule has 2 rings (SSSR count). The maximum Gasteiger partial charge on any atom is 0.126 e. The van der Waals surface area contributed by atoms with Crippen LogP contribution in [0, 0.1) is 12.7 Å². The smallest absolute Gasteiger partial charge is 0.126 e. The summed E-state index contributed by atoms with van der Waals surface area (Å²) >= 11 is 0. The van der Waals surface area contributed by atoms with E-state index in [1.807, 2.05) is 19.1 Å². The first-order chi connectivity index (χ1) is 9.61. The Labute approximate surface area is 118 Å². The molecule has 2 aromatic carbocycles. The highest BCUT2D eigenvalue weighted by molar-refractivity contribution is 5.36. The minimum Gasteiger partial charge on any atom is -0.494 e. The molecule has 0 radical (unpaired) electrons. The van der Waals surface area contributed by atoms with E-state index in [-0.39, 0.29) is 5.82 Å². The molecule has 0 aliphatic carbocycles. The molecule has 1 atom stereocenters. The van der Waals surface area contributed by atoms with Crippen molar-refractivity contribution in [3.63, 3.8) is 0 Å². The van der Waals surface area contributed by atoms with Crippen LogP contribution >= 0.6 is 0 Å². The van der Waals surface area contributed by atoms with Crippen LogP contribution in [-0.2, 0) is 0 Å². The van der Waals surface area contributed by atoms with Gasteiger partial charge < -0.3 is 9.84 Å². The van der Waals surface area contributed by atoms with E-state index in [4.69, 9.17) is 4.74 Å². The number of aliphatic hydroxyl groups excluding tert-OH is 1. The molecule has 0 aliphatic rings. The van der Waals surface area contributed by atoms with Crippen molar-refractivity contribution in [2.75, 3.05) is 6.61 Å². The van der Waals surface area contributed by atoms with Crippen LogP contribution in [0.25, 0.3) is 0 Å². The largest absolute Gasteiger partial charge is 0.494 e. The molecule has 20 heavy (non-hydrogen) atoms. The van der Waals surface area contributed by atoms with E-state index >= 15 is 0 Å². The van der Waals surface area contributed by atoms with Crippen molar-refractivity contribution in [2.24, 2.45) is 0 Å². The zero-order valence-corrected chi connectivity index (χ0v) is 11.8. The summed E-state index contributed by atoms with van der Waals surface area (Å²) in [5.74, 6) is 0.413. The van der Waals surface area contributed by atoms with Crippen molar-refractivity contribution >= 4 is 0 Å². The lowest BCUT2D eigenvalue weighted by Crippen LogP contribution is -2.02. The summed E-state index contributed by atoms with van der Waals surface area (Å²) in [4.78, 5) is 0. The highest BCUT2D eigenvalue weighted by Crippen LogP contribution is 2.26. The normalized spacial score (nSPS) is 12.2. The van der Waals surface area contributed by atoms with Gasteiger partial charge in [0.1, 0.15) is 17.7 Å². The second kappa shape index (κ2) is 6.53. The predicted molar refractivity (Wildman–Crippen MR) is 77.4 cm³/mol. The van der Waals surface area contributed by atoms with Gasteiger partial charge in [0.15, 0.2) is 0 Å². The summed E-state index contributed by atoms with van der Waals surface area (Å²) in [7, 11) is 0. The summed E-state index contributed by atoms with van der Waals surface area (Å²) in [6.45, 7) is 4.37. The number of hydrogen-bond donors (Lipinski definition) is 1. The lowest BCUT2D eigenvalue weighted by atomic mass is 10.00. The standard InChI is InChI=1S/C17H19FO2/c1-3-9-20-15-6-4-5-13(10-15)17(19)14-8-7-12(2)16(18)11-14/h4-8,10-11,17,19H,3,9H2,1-2H3. The Bertz CT molecular complexity index is 581. The van der Waals surface area contributed by atoms with E-state index in [0.29, 0.717) is 23.3 Å². The highest BCUT2D eigenvalue weighted by atomic mass is 19.1. The molecule has 3 heteroatoms. The third kappa shape index (κ3) is 3.36. The molecule has 0 saturated carbocycles. The van der Waals surface area contributed by atoms with Gasteiger partial charge in [0.05, 0.1) is 6.61 Å². The Morgan fingerprint density at radius 2 is 1.90 bits per heavy atom. The third-order valence-electron chi connectivity index (χ3n) is 3.16. The van der Waals surface area contributed by atoms with Crippen molar-refractivity contribution in [2.45, 2.75) is 26.4 Å². The van der Waals surface area contributed by atoms with Crippen molar-refractivity contribution in [3.8, 4) is 5.75 Å². The van der Waals surface area contributed by atoms with Crippen LogP contribution < -0.4 is 4.74 Å². The average Bonchev–Trinajstić information content (AvgIpc) is 2.47. The molecule has 106 valence electrons. The fraction of sp³-hybridized carbons (Fsp3) is 0.294. The second-order valence-electron chi connectivity index (χ2n) is 4.83. The van der Waals surface area contributed by atoms with Crippen molar-refractivity contribution in [1.82, 2.24) is 0 Å². The average molecular weight is 274 g/mol. The second-order valence-corrected chi connectivity index (χ2v) is 4.83. The Kier molecular flexibility index (Phi) is 4.74. The number of aliphatic hydroxyl groups is 1. The van der Waals surface area contributed by atoms with Crippen LogP contribution in [-0.4, -0.2) is 11.7 Å². The summed E-state index contributed by atoms with van der Waals surface area (Å²) in [6, 6.07) is 12.1. The van der Waals surface area contributed by atoms with Gasteiger partial charge >= 0.3 is 0 Å². The molecule has 1 N–H and O–H groups in total. The zero-order valence-electron chi connectivity index (χ0n) is 11.8. The molecule has 0 spiro atoms. The molecule has 0 heterocycles. The molecular weight excluding hydrogens is 255 g/mol.